The van der Waals surface area contributed by atoms with Gasteiger partial charge in [-0.15, -0.1) is 0 Å². The Labute approximate surface area is 118 Å². The summed E-state index contributed by atoms with van der Waals surface area (Å²) in [6, 6.07) is -0.0973. The molecule has 1 aromatic rings. The molecular weight excluding hydrogens is 290 g/mol. The van der Waals surface area contributed by atoms with Crippen LogP contribution in [0.1, 0.15) is 24.1 Å². The minimum absolute atomic E-state index is 0.0768. The van der Waals surface area contributed by atoms with Gasteiger partial charge in [0.2, 0.25) is 0 Å². The van der Waals surface area contributed by atoms with Crippen LogP contribution in [-0.2, 0) is 9.53 Å². The molecule has 0 aliphatic rings. The van der Waals surface area contributed by atoms with Gasteiger partial charge in [0.15, 0.2) is 5.75 Å². The van der Waals surface area contributed by atoms with Crippen molar-refractivity contribution in [3.05, 3.63) is 33.4 Å². The van der Waals surface area contributed by atoms with Gasteiger partial charge in [-0.3, -0.25) is 10.1 Å². The van der Waals surface area contributed by atoms with Crippen LogP contribution in [-0.4, -0.2) is 28.5 Å². The zero-order valence-electron chi connectivity index (χ0n) is 11.3. The molecule has 0 saturated heterocycles. The zero-order valence-corrected chi connectivity index (χ0v) is 11.3. The first kappa shape index (κ1) is 16.8. The SMILES string of the molecule is CCOC(=O)C(F)(F)[C@H](N)c1ccc(C)c([N+](=O)[O-])c1O. The molecule has 7 nitrogen and oxygen atoms in total. The van der Waals surface area contributed by atoms with Gasteiger partial charge in [0.05, 0.1) is 11.5 Å². The third kappa shape index (κ3) is 3.07. The lowest BCUT2D eigenvalue weighted by molar-refractivity contribution is -0.386. The number of esters is 1. The molecule has 0 radical (unpaired) electrons. The van der Waals surface area contributed by atoms with Crippen LogP contribution >= 0.6 is 0 Å². The van der Waals surface area contributed by atoms with Crippen LogP contribution in [0.5, 0.6) is 5.75 Å². The number of alkyl halides is 2. The van der Waals surface area contributed by atoms with Crippen molar-refractivity contribution in [2.24, 2.45) is 5.73 Å². The molecule has 0 amide bonds. The number of phenols is 1. The van der Waals surface area contributed by atoms with Crippen LogP contribution in [0, 0.1) is 17.0 Å². The number of hydrogen-bond donors (Lipinski definition) is 2. The molecule has 3 N–H and O–H groups in total. The van der Waals surface area contributed by atoms with E-state index in [0.717, 1.165) is 12.1 Å². The van der Waals surface area contributed by atoms with Crippen LogP contribution in [0.3, 0.4) is 0 Å². The van der Waals surface area contributed by atoms with E-state index in [-0.39, 0.29) is 12.2 Å². The van der Waals surface area contributed by atoms with E-state index in [2.05, 4.69) is 4.74 Å². The fourth-order valence-electron chi connectivity index (χ4n) is 1.73. The molecule has 0 spiro atoms. The fourth-order valence-corrected chi connectivity index (χ4v) is 1.73. The van der Waals surface area contributed by atoms with Gasteiger partial charge >= 0.3 is 17.6 Å². The third-order valence-electron chi connectivity index (χ3n) is 2.84. The number of ether oxygens (including phenoxy) is 1. The lowest BCUT2D eigenvalue weighted by atomic mass is 9.98. The van der Waals surface area contributed by atoms with Crippen molar-refractivity contribution < 1.29 is 28.3 Å². The van der Waals surface area contributed by atoms with Gasteiger partial charge in [0, 0.05) is 11.1 Å². The van der Waals surface area contributed by atoms with E-state index in [1.807, 2.05) is 0 Å². The monoisotopic (exact) mass is 304 g/mol. The molecule has 0 bridgehead atoms. The highest BCUT2D eigenvalue weighted by atomic mass is 19.3. The van der Waals surface area contributed by atoms with Crippen molar-refractivity contribution in [1.29, 1.82) is 0 Å². The third-order valence-corrected chi connectivity index (χ3v) is 2.84. The number of benzene rings is 1. The number of carbonyl (C=O) groups excluding carboxylic acids is 1. The summed E-state index contributed by atoms with van der Waals surface area (Å²) in [6.45, 7) is 2.39. The summed E-state index contributed by atoms with van der Waals surface area (Å²) in [6.07, 6.45) is 0. The predicted octanol–water partition coefficient (Wildman–Crippen LogP) is 1.81. The Hall–Kier alpha value is -2.29. The molecule has 1 aromatic carbocycles. The Morgan fingerprint density at radius 3 is 2.62 bits per heavy atom. The standard InChI is InChI=1S/C12H14F2N2O5/c1-3-21-11(18)12(13,14)10(15)7-5-4-6(2)8(9(7)17)16(19)20/h4-5,10,17H,3,15H2,1-2H3/t10-/m1/s1. The summed E-state index contributed by atoms with van der Waals surface area (Å²) in [5, 5.41) is 20.6. The van der Waals surface area contributed by atoms with Gasteiger partial charge in [0.1, 0.15) is 6.04 Å². The lowest BCUT2D eigenvalue weighted by Crippen LogP contribution is -2.41. The van der Waals surface area contributed by atoms with E-state index in [9.17, 15) is 28.8 Å². The minimum atomic E-state index is -4.13. The molecule has 1 rings (SSSR count). The Bertz CT molecular complexity index is 577. The Morgan fingerprint density at radius 1 is 1.57 bits per heavy atom. The maximum absolute atomic E-state index is 13.8. The first-order chi connectivity index (χ1) is 9.64. The average Bonchev–Trinajstić information content (AvgIpc) is 2.38. The van der Waals surface area contributed by atoms with E-state index in [4.69, 9.17) is 5.73 Å². The van der Waals surface area contributed by atoms with E-state index in [1.165, 1.54) is 13.8 Å². The molecule has 1 atom stereocenters. The number of aromatic hydroxyl groups is 1. The maximum Gasteiger partial charge on any atom is 0.379 e. The van der Waals surface area contributed by atoms with Crippen molar-refractivity contribution in [2.75, 3.05) is 6.61 Å². The highest BCUT2D eigenvalue weighted by molar-refractivity contribution is 5.79. The second-order valence-electron chi connectivity index (χ2n) is 4.25. The van der Waals surface area contributed by atoms with Crippen molar-refractivity contribution in [3.63, 3.8) is 0 Å². The first-order valence-corrected chi connectivity index (χ1v) is 5.92. The first-order valence-electron chi connectivity index (χ1n) is 5.92. The normalized spacial score (nSPS) is 12.8. The zero-order chi connectivity index (χ0) is 16.4. The maximum atomic E-state index is 13.8. The van der Waals surface area contributed by atoms with Crippen molar-refractivity contribution >= 4 is 11.7 Å². The summed E-state index contributed by atoms with van der Waals surface area (Å²) in [5.41, 5.74) is 4.03. The Kier molecular flexibility index (Phi) is 4.79. The second kappa shape index (κ2) is 6.00. The van der Waals surface area contributed by atoms with Crippen LogP contribution < -0.4 is 5.73 Å². The molecule has 0 fully saturated rings. The summed E-state index contributed by atoms with van der Waals surface area (Å²) in [5.74, 6) is -6.98. The van der Waals surface area contributed by atoms with E-state index in [0.29, 0.717) is 0 Å². The fraction of sp³-hybridized carbons (Fsp3) is 0.417. The van der Waals surface area contributed by atoms with Gasteiger partial charge in [0.25, 0.3) is 0 Å². The molecule has 116 valence electrons. The number of carbonyl (C=O) groups is 1. The largest absolute Gasteiger partial charge is 0.502 e. The molecule has 9 heteroatoms. The van der Waals surface area contributed by atoms with Crippen LogP contribution in [0.25, 0.3) is 0 Å². The molecule has 0 heterocycles. The van der Waals surface area contributed by atoms with Crippen LogP contribution in [0.4, 0.5) is 14.5 Å². The van der Waals surface area contributed by atoms with E-state index < -0.39 is 39.9 Å². The highest BCUT2D eigenvalue weighted by Crippen LogP contribution is 2.40. The van der Waals surface area contributed by atoms with Gasteiger partial charge in [-0.25, -0.2) is 4.79 Å². The number of nitro benzene ring substituents is 1. The van der Waals surface area contributed by atoms with Crippen molar-refractivity contribution in [2.45, 2.75) is 25.8 Å². The number of nitrogens with two attached hydrogens (primary N) is 1. The molecule has 0 aliphatic heterocycles. The van der Waals surface area contributed by atoms with Gasteiger partial charge in [-0.1, -0.05) is 12.1 Å². The number of hydrogen-bond acceptors (Lipinski definition) is 6. The van der Waals surface area contributed by atoms with Gasteiger partial charge in [-0.05, 0) is 13.8 Å². The van der Waals surface area contributed by atoms with Crippen LogP contribution in [0.2, 0.25) is 0 Å². The Morgan fingerprint density at radius 2 is 2.14 bits per heavy atom. The van der Waals surface area contributed by atoms with Crippen molar-refractivity contribution in [1.82, 2.24) is 0 Å². The van der Waals surface area contributed by atoms with E-state index in [1.54, 1.807) is 0 Å². The predicted molar refractivity (Wildman–Crippen MR) is 68.0 cm³/mol. The van der Waals surface area contributed by atoms with Crippen molar-refractivity contribution in [3.8, 4) is 5.75 Å². The smallest absolute Gasteiger partial charge is 0.379 e. The Balaban J connectivity index is 3.31. The number of aryl methyl sites for hydroxylation is 1. The van der Waals surface area contributed by atoms with Gasteiger partial charge in [-0.2, -0.15) is 8.78 Å². The van der Waals surface area contributed by atoms with Crippen LogP contribution in [0.15, 0.2) is 12.1 Å². The minimum Gasteiger partial charge on any atom is -0.502 e. The second-order valence-corrected chi connectivity index (χ2v) is 4.25. The average molecular weight is 304 g/mol. The van der Waals surface area contributed by atoms with Gasteiger partial charge < -0.3 is 15.6 Å². The number of nitrogens with zero attached hydrogens (tertiary/aromatic N) is 1. The molecule has 21 heavy (non-hydrogen) atoms. The van der Waals surface area contributed by atoms with E-state index >= 15 is 0 Å². The topological polar surface area (TPSA) is 116 Å². The molecule has 0 saturated carbocycles. The lowest BCUT2D eigenvalue weighted by Gasteiger charge is -2.22. The summed E-state index contributed by atoms with van der Waals surface area (Å²) >= 11 is 0. The molecule has 0 unspecified atom stereocenters. The quantitative estimate of drug-likeness (QED) is 0.487. The summed E-state index contributed by atoms with van der Waals surface area (Å²) < 4.78 is 31.8. The number of halogens is 2. The highest BCUT2D eigenvalue weighted by Gasteiger charge is 2.49. The summed E-state index contributed by atoms with van der Waals surface area (Å²) in [7, 11) is 0. The molecule has 0 aromatic heterocycles. The number of rotatable bonds is 5. The summed E-state index contributed by atoms with van der Waals surface area (Å²) in [4.78, 5) is 21.1. The number of nitro groups is 1. The number of phenolic OH excluding ortho intramolecular Hbond substituents is 1. The molecular formula is C12H14F2N2O5. The molecule has 0 aliphatic carbocycles.